The molecule has 1 saturated heterocycles. The molecule has 0 spiro atoms. The second-order valence-corrected chi connectivity index (χ2v) is 7.21. The van der Waals surface area contributed by atoms with E-state index in [1.807, 2.05) is 25.3 Å². The standard InChI is InChI=1S/C16H25N3O2S/c1-10(2)14(19-15(20)13-5-4-8-22-13)16(21)18-12-6-7-17-9-11(12)3/h4-5,8,10-12,14,17H,6-7,9H2,1-3H3,(H,18,21)(H,19,20). The maximum absolute atomic E-state index is 12.6. The third-order valence-corrected chi connectivity index (χ3v) is 4.96. The topological polar surface area (TPSA) is 70.2 Å². The Labute approximate surface area is 135 Å². The lowest BCUT2D eigenvalue weighted by atomic mass is 9.94. The van der Waals surface area contributed by atoms with Crippen molar-refractivity contribution in [2.24, 2.45) is 11.8 Å². The molecule has 0 saturated carbocycles. The van der Waals surface area contributed by atoms with Crippen LogP contribution in [0.5, 0.6) is 0 Å². The maximum Gasteiger partial charge on any atom is 0.262 e. The number of thiophene rings is 1. The fourth-order valence-corrected chi connectivity index (χ4v) is 3.28. The molecule has 0 bridgehead atoms. The van der Waals surface area contributed by atoms with Crippen LogP contribution >= 0.6 is 11.3 Å². The van der Waals surface area contributed by atoms with E-state index in [4.69, 9.17) is 0 Å². The Morgan fingerprint density at radius 1 is 1.41 bits per heavy atom. The fraction of sp³-hybridized carbons (Fsp3) is 0.625. The van der Waals surface area contributed by atoms with Gasteiger partial charge in [-0.15, -0.1) is 11.3 Å². The van der Waals surface area contributed by atoms with Gasteiger partial charge < -0.3 is 16.0 Å². The lowest BCUT2D eigenvalue weighted by Crippen LogP contribution is -2.55. The van der Waals surface area contributed by atoms with Crippen molar-refractivity contribution in [2.45, 2.75) is 39.3 Å². The lowest BCUT2D eigenvalue weighted by Gasteiger charge is -2.32. The van der Waals surface area contributed by atoms with Crippen molar-refractivity contribution in [2.75, 3.05) is 13.1 Å². The van der Waals surface area contributed by atoms with Gasteiger partial charge in [0.1, 0.15) is 6.04 Å². The zero-order valence-corrected chi connectivity index (χ0v) is 14.2. The molecule has 1 fully saturated rings. The highest BCUT2D eigenvalue weighted by Gasteiger charge is 2.29. The number of hydrogen-bond donors (Lipinski definition) is 3. The molecular formula is C16H25N3O2S. The largest absolute Gasteiger partial charge is 0.351 e. The van der Waals surface area contributed by atoms with E-state index in [1.165, 1.54) is 11.3 Å². The van der Waals surface area contributed by atoms with Crippen molar-refractivity contribution >= 4 is 23.2 Å². The van der Waals surface area contributed by atoms with Crippen LogP contribution in [-0.4, -0.2) is 37.0 Å². The van der Waals surface area contributed by atoms with Gasteiger partial charge in [0, 0.05) is 6.04 Å². The van der Waals surface area contributed by atoms with E-state index >= 15 is 0 Å². The van der Waals surface area contributed by atoms with E-state index in [0.717, 1.165) is 19.5 Å². The van der Waals surface area contributed by atoms with Crippen LogP contribution in [0.3, 0.4) is 0 Å². The summed E-state index contributed by atoms with van der Waals surface area (Å²) < 4.78 is 0. The number of carbonyl (C=O) groups excluding carboxylic acids is 2. The first-order valence-corrected chi connectivity index (χ1v) is 8.72. The van der Waals surface area contributed by atoms with Crippen molar-refractivity contribution in [3.8, 4) is 0 Å². The molecule has 2 rings (SSSR count). The summed E-state index contributed by atoms with van der Waals surface area (Å²) in [6.45, 7) is 7.86. The van der Waals surface area contributed by atoms with E-state index in [-0.39, 0.29) is 23.8 Å². The van der Waals surface area contributed by atoms with Gasteiger partial charge in [-0.25, -0.2) is 0 Å². The van der Waals surface area contributed by atoms with Crippen LogP contribution in [0.15, 0.2) is 17.5 Å². The summed E-state index contributed by atoms with van der Waals surface area (Å²) >= 11 is 1.38. The average Bonchev–Trinajstić information content (AvgIpc) is 3.00. The van der Waals surface area contributed by atoms with Crippen molar-refractivity contribution in [3.63, 3.8) is 0 Å². The number of hydrogen-bond acceptors (Lipinski definition) is 4. The van der Waals surface area contributed by atoms with E-state index in [2.05, 4.69) is 22.9 Å². The Morgan fingerprint density at radius 3 is 2.77 bits per heavy atom. The quantitative estimate of drug-likeness (QED) is 0.771. The molecule has 1 aliphatic rings. The summed E-state index contributed by atoms with van der Waals surface area (Å²) in [6.07, 6.45) is 0.927. The molecular weight excluding hydrogens is 298 g/mol. The molecule has 0 aliphatic carbocycles. The second-order valence-electron chi connectivity index (χ2n) is 6.26. The predicted molar refractivity (Wildman–Crippen MR) is 89.0 cm³/mol. The molecule has 122 valence electrons. The van der Waals surface area contributed by atoms with Crippen LogP contribution < -0.4 is 16.0 Å². The van der Waals surface area contributed by atoms with Gasteiger partial charge in [0.15, 0.2) is 0 Å². The summed E-state index contributed by atoms with van der Waals surface area (Å²) in [6, 6.07) is 3.27. The van der Waals surface area contributed by atoms with Crippen LogP contribution in [0.1, 0.15) is 36.9 Å². The van der Waals surface area contributed by atoms with E-state index in [1.54, 1.807) is 6.07 Å². The van der Waals surface area contributed by atoms with Crippen molar-refractivity contribution in [1.29, 1.82) is 0 Å². The Bertz CT molecular complexity index is 501. The normalized spacial score (nSPS) is 23.1. The Balaban J connectivity index is 1.97. The molecule has 1 aromatic rings. The summed E-state index contributed by atoms with van der Waals surface area (Å²) in [4.78, 5) is 25.4. The highest BCUT2D eigenvalue weighted by atomic mass is 32.1. The van der Waals surface area contributed by atoms with Crippen LogP contribution in [0.4, 0.5) is 0 Å². The highest BCUT2D eigenvalue weighted by Crippen LogP contribution is 2.13. The molecule has 22 heavy (non-hydrogen) atoms. The molecule has 1 aromatic heterocycles. The van der Waals surface area contributed by atoms with Gasteiger partial charge in [-0.2, -0.15) is 0 Å². The number of piperidine rings is 1. The average molecular weight is 323 g/mol. The van der Waals surface area contributed by atoms with Crippen LogP contribution in [-0.2, 0) is 4.79 Å². The minimum atomic E-state index is -0.503. The Hall–Kier alpha value is -1.40. The van der Waals surface area contributed by atoms with Gasteiger partial charge in [-0.3, -0.25) is 9.59 Å². The molecule has 2 amide bonds. The molecule has 6 heteroatoms. The minimum absolute atomic E-state index is 0.0425. The maximum atomic E-state index is 12.6. The third-order valence-electron chi connectivity index (χ3n) is 4.09. The molecule has 3 N–H and O–H groups in total. The van der Waals surface area contributed by atoms with Gasteiger partial charge in [0.2, 0.25) is 5.91 Å². The van der Waals surface area contributed by atoms with Crippen molar-refractivity contribution in [3.05, 3.63) is 22.4 Å². The second kappa shape index (κ2) is 7.74. The molecule has 0 aromatic carbocycles. The van der Waals surface area contributed by atoms with E-state index < -0.39 is 6.04 Å². The molecule has 5 nitrogen and oxygen atoms in total. The number of carbonyl (C=O) groups is 2. The van der Waals surface area contributed by atoms with Gasteiger partial charge >= 0.3 is 0 Å². The van der Waals surface area contributed by atoms with Crippen molar-refractivity contribution < 1.29 is 9.59 Å². The Morgan fingerprint density at radius 2 is 2.18 bits per heavy atom. The Kier molecular flexibility index (Phi) is 5.97. The first-order valence-electron chi connectivity index (χ1n) is 7.84. The zero-order chi connectivity index (χ0) is 16.1. The van der Waals surface area contributed by atoms with Crippen LogP contribution in [0, 0.1) is 11.8 Å². The summed E-state index contributed by atoms with van der Waals surface area (Å²) in [5.74, 6) is 0.181. The molecule has 1 aliphatic heterocycles. The molecule has 3 atom stereocenters. The first-order chi connectivity index (χ1) is 10.5. The molecule has 2 heterocycles. The fourth-order valence-electron chi connectivity index (χ4n) is 2.66. The van der Waals surface area contributed by atoms with Crippen molar-refractivity contribution in [1.82, 2.24) is 16.0 Å². The number of nitrogens with one attached hydrogen (secondary N) is 3. The monoisotopic (exact) mass is 323 g/mol. The van der Waals surface area contributed by atoms with Gasteiger partial charge in [-0.1, -0.05) is 26.8 Å². The summed E-state index contributed by atoms with van der Waals surface area (Å²) in [7, 11) is 0. The van der Waals surface area contributed by atoms with Gasteiger partial charge in [-0.05, 0) is 42.8 Å². The minimum Gasteiger partial charge on any atom is -0.351 e. The molecule has 3 unspecified atom stereocenters. The SMILES string of the molecule is CC(C)C(NC(=O)c1cccs1)C(=O)NC1CCNCC1C. The third kappa shape index (κ3) is 4.30. The van der Waals surface area contributed by atoms with Crippen LogP contribution in [0.2, 0.25) is 0 Å². The smallest absolute Gasteiger partial charge is 0.262 e. The van der Waals surface area contributed by atoms with E-state index in [0.29, 0.717) is 10.8 Å². The first kappa shape index (κ1) is 17.0. The van der Waals surface area contributed by atoms with Crippen LogP contribution in [0.25, 0.3) is 0 Å². The number of amides is 2. The summed E-state index contributed by atoms with van der Waals surface area (Å²) in [5, 5.41) is 11.2. The lowest BCUT2D eigenvalue weighted by molar-refractivity contribution is -0.125. The zero-order valence-electron chi connectivity index (χ0n) is 13.4. The van der Waals surface area contributed by atoms with Gasteiger partial charge in [0.05, 0.1) is 4.88 Å². The molecule has 0 radical (unpaired) electrons. The predicted octanol–water partition coefficient (Wildman–Crippen LogP) is 1.62. The summed E-state index contributed by atoms with van der Waals surface area (Å²) in [5.41, 5.74) is 0. The van der Waals surface area contributed by atoms with E-state index in [9.17, 15) is 9.59 Å². The van der Waals surface area contributed by atoms with Gasteiger partial charge in [0.25, 0.3) is 5.91 Å². The number of rotatable bonds is 5. The highest BCUT2D eigenvalue weighted by molar-refractivity contribution is 7.12.